The van der Waals surface area contributed by atoms with Crippen LogP contribution in [-0.2, 0) is 6.54 Å². The minimum Gasteiger partial charge on any atom is -0.296 e. The monoisotopic (exact) mass is 244 g/mol. The zero-order valence-electron chi connectivity index (χ0n) is 11.5. The fraction of sp³-hybridized carbons (Fsp3) is 0.429. The summed E-state index contributed by atoms with van der Waals surface area (Å²) in [5.41, 5.74) is 2.52. The predicted molar refractivity (Wildman–Crippen MR) is 72.4 cm³/mol. The van der Waals surface area contributed by atoms with Gasteiger partial charge in [0.25, 0.3) is 0 Å². The van der Waals surface area contributed by atoms with Gasteiger partial charge >= 0.3 is 0 Å². The van der Waals surface area contributed by atoms with E-state index in [1.54, 1.807) is 6.33 Å². The molecule has 4 heteroatoms. The zero-order chi connectivity index (χ0) is 13.1. The van der Waals surface area contributed by atoms with E-state index in [-0.39, 0.29) is 6.04 Å². The molecule has 0 aliphatic rings. The van der Waals surface area contributed by atoms with Gasteiger partial charge in [-0.25, -0.2) is 9.67 Å². The van der Waals surface area contributed by atoms with Crippen molar-refractivity contribution in [1.29, 1.82) is 0 Å². The number of aryl methyl sites for hydroxylation is 2. The quantitative estimate of drug-likeness (QED) is 0.827. The predicted octanol–water partition coefficient (Wildman–Crippen LogP) is 2.26. The fourth-order valence-electron chi connectivity index (χ4n) is 2.25. The standard InChI is InChI=1S/C14H20N4/c1-5-18-14(15-10-16-18)13(17(3)4)12-8-6-7-11(2)9-12/h6-10,13H,5H2,1-4H3/t13-/m1/s1. The Hall–Kier alpha value is -1.68. The van der Waals surface area contributed by atoms with Gasteiger partial charge in [-0.15, -0.1) is 0 Å². The van der Waals surface area contributed by atoms with Gasteiger partial charge in [0, 0.05) is 6.54 Å². The summed E-state index contributed by atoms with van der Waals surface area (Å²) in [5, 5.41) is 4.26. The number of rotatable bonds is 4. The maximum Gasteiger partial charge on any atom is 0.148 e. The Morgan fingerprint density at radius 2 is 2.11 bits per heavy atom. The highest BCUT2D eigenvalue weighted by Gasteiger charge is 2.21. The molecule has 1 aromatic heterocycles. The van der Waals surface area contributed by atoms with E-state index >= 15 is 0 Å². The first-order valence-corrected chi connectivity index (χ1v) is 6.24. The molecule has 0 saturated carbocycles. The van der Waals surface area contributed by atoms with Crippen molar-refractivity contribution in [3.8, 4) is 0 Å². The Balaban J connectivity index is 2.47. The van der Waals surface area contributed by atoms with Gasteiger partial charge in [0.2, 0.25) is 0 Å². The molecule has 1 atom stereocenters. The lowest BCUT2D eigenvalue weighted by Crippen LogP contribution is -2.25. The number of aromatic nitrogens is 3. The van der Waals surface area contributed by atoms with E-state index in [4.69, 9.17) is 0 Å². The molecule has 0 aliphatic heterocycles. The third kappa shape index (κ3) is 2.43. The Labute approximate surface area is 108 Å². The van der Waals surface area contributed by atoms with Crippen molar-refractivity contribution in [2.75, 3.05) is 14.1 Å². The van der Waals surface area contributed by atoms with Crippen LogP contribution in [0.15, 0.2) is 30.6 Å². The number of hydrogen-bond donors (Lipinski definition) is 0. The second-order valence-electron chi connectivity index (χ2n) is 4.71. The third-order valence-electron chi connectivity index (χ3n) is 3.06. The summed E-state index contributed by atoms with van der Waals surface area (Å²) in [7, 11) is 4.14. The average Bonchev–Trinajstić information content (AvgIpc) is 2.77. The summed E-state index contributed by atoms with van der Waals surface area (Å²) in [6.45, 7) is 5.04. The van der Waals surface area contributed by atoms with E-state index in [9.17, 15) is 0 Å². The molecule has 96 valence electrons. The van der Waals surface area contributed by atoms with Gasteiger partial charge < -0.3 is 0 Å². The maximum atomic E-state index is 4.42. The number of benzene rings is 1. The molecule has 0 saturated heterocycles. The van der Waals surface area contributed by atoms with E-state index < -0.39 is 0 Å². The van der Waals surface area contributed by atoms with E-state index in [1.165, 1.54) is 11.1 Å². The molecule has 0 bridgehead atoms. The van der Waals surface area contributed by atoms with Crippen molar-refractivity contribution in [2.24, 2.45) is 0 Å². The molecule has 0 N–H and O–H groups in total. The molecule has 2 aromatic rings. The van der Waals surface area contributed by atoms with Gasteiger partial charge in [0.05, 0.1) is 6.04 Å². The summed E-state index contributed by atoms with van der Waals surface area (Å²) >= 11 is 0. The highest BCUT2D eigenvalue weighted by molar-refractivity contribution is 5.29. The van der Waals surface area contributed by atoms with Crippen molar-refractivity contribution >= 4 is 0 Å². The summed E-state index contributed by atoms with van der Waals surface area (Å²) in [4.78, 5) is 6.60. The van der Waals surface area contributed by atoms with Crippen LogP contribution in [0.5, 0.6) is 0 Å². The maximum absolute atomic E-state index is 4.42. The fourth-order valence-corrected chi connectivity index (χ4v) is 2.25. The summed E-state index contributed by atoms with van der Waals surface area (Å²) in [6, 6.07) is 8.70. The van der Waals surface area contributed by atoms with Gasteiger partial charge in [0.1, 0.15) is 12.2 Å². The lowest BCUT2D eigenvalue weighted by atomic mass is 10.0. The van der Waals surface area contributed by atoms with Crippen LogP contribution < -0.4 is 0 Å². The molecule has 0 fully saturated rings. The highest BCUT2D eigenvalue weighted by Crippen LogP contribution is 2.25. The number of nitrogens with zero attached hydrogens (tertiary/aromatic N) is 4. The van der Waals surface area contributed by atoms with E-state index in [0.717, 1.165) is 12.4 Å². The molecule has 1 heterocycles. The molecule has 1 aromatic carbocycles. The molecular weight excluding hydrogens is 224 g/mol. The summed E-state index contributed by atoms with van der Waals surface area (Å²) in [5.74, 6) is 0.994. The molecule has 0 unspecified atom stereocenters. The Bertz CT molecular complexity index is 516. The van der Waals surface area contributed by atoms with Gasteiger partial charge in [-0.3, -0.25) is 4.90 Å². The van der Waals surface area contributed by atoms with Gasteiger partial charge in [0.15, 0.2) is 0 Å². The van der Waals surface area contributed by atoms with Crippen LogP contribution in [0, 0.1) is 6.92 Å². The van der Waals surface area contributed by atoms with Gasteiger partial charge in [-0.05, 0) is 33.5 Å². The molecule has 4 nitrogen and oxygen atoms in total. The molecule has 0 radical (unpaired) electrons. The number of hydrogen-bond acceptors (Lipinski definition) is 3. The van der Waals surface area contributed by atoms with Crippen molar-refractivity contribution in [1.82, 2.24) is 19.7 Å². The largest absolute Gasteiger partial charge is 0.296 e. The second-order valence-corrected chi connectivity index (χ2v) is 4.71. The lowest BCUT2D eigenvalue weighted by molar-refractivity contribution is 0.318. The topological polar surface area (TPSA) is 34.0 Å². The lowest BCUT2D eigenvalue weighted by Gasteiger charge is -2.24. The summed E-state index contributed by atoms with van der Waals surface area (Å²) in [6.07, 6.45) is 1.63. The SMILES string of the molecule is CCn1ncnc1[C@@H](c1cccc(C)c1)N(C)C. The van der Waals surface area contributed by atoms with E-state index in [0.29, 0.717) is 0 Å². The van der Waals surface area contributed by atoms with Crippen LogP contribution in [0.2, 0.25) is 0 Å². The van der Waals surface area contributed by atoms with Crippen LogP contribution >= 0.6 is 0 Å². The molecule has 0 spiro atoms. The van der Waals surface area contributed by atoms with Crippen LogP contribution in [-0.4, -0.2) is 33.8 Å². The minimum atomic E-state index is 0.146. The van der Waals surface area contributed by atoms with E-state index in [2.05, 4.69) is 67.2 Å². The Morgan fingerprint density at radius 1 is 1.33 bits per heavy atom. The van der Waals surface area contributed by atoms with E-state index in [1.807, 2.05) is 4.68 Å². The van der Waals surface area contributed by atoms with Crippen molar-refractivity contribution in [3.05, 3.63) is 47.5 Å². The Morgan fingerprint density at radius 3 is 2.72 bits per heavy atom. The van der Waals surface area contributed by atoms with Crippen LogP contribution in [0.1, 0.15) is 29.9 Å². The normalized spacial score (nSPS) is 12.9. The first-order valence-electron chi connectivity index (χ1n) is 6.24. The van der Waals surface area contributed by atoms with Crippen molar-refractivity contribution in [2.45, 2.75) is 26.4 Å². The van der Waals surface area contributed by atoms with Crippen LogP contribution in [0.25, 0.3) is 0 Å². The van der Waals surface area contributed by atoms with Crippen LogP contribution in [0.3, 0.4) is 0 Å². The average molecular weight is 244 g/mol. The smallest absolute Gasteiger partial charge is 0.148 e. The molecule has 0 amide bonds. The first-order chi connectivity index (χ1) is 8.63. The third-order valence-corrected chi connectivity index (χ3v) is 3.06. The molecule has 18 heavy (non-hydrogen) atoms. The second kappa shape index (κ2) is 5.31. The zero-order valence-corrected chi connectivity index (χ0v) is 11.5. The molecule has 0 aliphatic carbocycles. The van der Waals surface area contributed by atoms with Crippen molar-refractivity contribution in [3.63, 3.8) is 0 Å². The first kappa shape index (κ1) is 12.8. The van der Waals surface area contributed by atoms with Gasteiger partial charge in [-0.2, -0.15) is 5.10 Å². The van der Waals surface area contributed by atoms with Gasteiger partial charge in [-0.1, -0.05) is 29.8 Å². The highest BCUT2D eigenvalue weighted by atomic mass is 15.3. The minimum absolute atomic E-state index is 0.146. The van der Waals surface area contributed by atoms with Crippen molar-refractivity contribution < 1.29 is 0 Å². The Kier molecular flexibility index (Phi) is 3.77. The summed E-state index contributed by atoms with van der Waals surface area (Å²) < 4.78 is 1.95. The molecule has 2 rings (SSSR count). The van der Waals surface area contributed by atoms with Crippen LogP contribution in [0.4, 0.5) is 0 Å². The molecular formula is C14H20N4.